The Bertz CT molecular complexity index is 914. The van der Waals surface area contributed by atoms with Crippen molar-refractivity contribution >= 4 is 17.6 Å². The van der Waals surface area contributed by atoms with Crippen molar-refractivity contribution in [2.45, 2.75) is 70.8 Å². The number of hydrogen-bond acceptors (Lipinski definition) is 5. The fraction of sp³-hybridized carbons (Fsp3) is 0.500. The second-order valence-corrected chi connectivity index (χ2v) is 8.58. The second-order valence-electron chi connectivity index (χ2n) is 8.17. The largest absolute Gasteiger partial charge is 0.481 e. The lowest BCUT2D eigenvalue weighted by molar-refractivity contribution is -0.138. The number of pyridine rings is 1. The van der Waals surface area contributed by atoms with Crippen LogP contribution in [0.3, 0.4) is 0 Å². The molecule has 0 aliphatic carbocycles. The number of hydrogen-bond donors (Lipinski definition) is 2. The van der Waals surface area contributed by atoms with Gasteiger partial charge in [-0.25, -0.2) is 4.98 Å². The van der Waals surface area contributed by atoms with Crippen LogP contribution in [-0.4, -0.2) is 29.2 Å². The van der Waals surface area contributed by atoms with Crippen molar-refractivity contribution in [2.75, 3.05) is 13.2 Å². The van der Waals surface area contributed by atoms with Crippen LogP contribution in [0.4, 0.5) is 0 Å². The first-order chi connectivity index (χ1) is 16.1. The van der Waals surface area contributed by atoms with Crippen molar-refractivity contribution in [3.05, 3.63) is 58.2 Å². The average Bonchev–Trinajstić information content (AvgIpc) is 3.26. The molecule has 1 aromatic heterocycles. The molecule has 0 fully saturated rings. The molecule has 0 spiro atoms. The standard InChI is InChI=1S/C18H27ClN2.C8H7NO3/c1-2-3-4-5-6-7-8-9-12-21-15-17-11-10-16(14-20)13-18(17)19;10-8(11)6-4-12-7-5(6)2-1-3-9-7/h10-11,13,21H,2-9,12,15H2,1H3;1-3,6H,4H2,(H,10,11). The van der Waals surface area contributed by atoms with E-state index in [-0.39, 0.29) is 6.61 Å². The maximum atomic E-state index is 10.7. The van der Waals surface area contributed by atoms with Gasteiger partial charge in [0.1, 0.15) is 12.5 Å². The number of rotatable bonds is 12. The zero-order valence-electron chi connectivity index (χ0n) is 19.4. The number of aliphatic carboxylic acids is 1. The van der Waals surface area contributed by atoms with E-state index < -0.39 is 11.9 Å². The molecule has 7 heteroatoms. The van der Waals surface area contributed by atoms with Crippen molar-refractivity contribution in [3.63, 3.8) is 0 Å². The maximum Gasteiger partial charge on any atom is 0.314 e. The van der Waals surface area contributed by atoms with Gasteiger partial charge < -0.3 is 15.2 Å². The minimum Gasteiger partial charge on any atom is -0.481 e. The van der Waals surface area contributed by atoms with Crippen LogP contribution in [0.2, 0.25) is 5.02 Å². The summed E-state index contributed by atoms with van der Waals surface area (Å²) in [6, 6.07) is 11.0. The summed E-state index contributed by atoms with van der Waals surface area (Å²) in [4.78, 5) is 14.6. The normalized spacial score (nSPS) is 13.9. The Morgan fingerprint density at radius 2 is 1.94 bits per heavy atom. The molecule has 0 bridgehead atoms. The first-order valence-electron chi connectivity index (χ1n) is 11.8. The van der Waals surface area contributed by atoms with Gasteiger partial charge >= 0.3 is 5.97 Å². The number of unbranched alkanes of at least 4 members (excludes halogenated alkanes) is 7. The van der Waals surface area contributed by atoms with Gasteiger partial charge in [0.05, 0.1) is 11.6 Å². The van der Waals surface area contributed by atoms with Crippen molar-refractivity contribution < 1.29 is 14.6 Å². The number of aromatic nitrogens is 1. The lowest BCUT2D eigenvalue weighted by Gasteiger charge is -2.07. The molecular weight excluding hydrogens is 438 g/mol. The van der Waals surface area contributed by atoms with Crippen LogP contribution >= 0.6 is 11.6 Å². The monoisotopic (exact) mass is 471 g/mol. The number of carbonyl (C=O) groups is 1. The molecule has 6 nitrogen and oxygen atoms in total. The summed E-state index contributed by atoms with van der Waals surface area (Å²) in [6.45, 7) is 4.26. The van der Waals surface area contributed by atoms with Gasteiger partial charge in [-0.15, -0.1) is 0 Å². The predicted octanol–water partition coefficient (Wildman–Crippen LogP) is 6.08. The van der Waals surface area contributed by atoms with Crippen molar-refractivity contribution in [3.8, 4) is 11.9 Å². The van der Waals surface area contributed by atoms with E-state index in [1.807, 2.05) is 12.1 Å². The third-order valence-corrected chi connectivity index (χ3v) is 5.92. The first kappa shape index (κ1) is 26.6. The summed E-state index contributed by atoms with van der Waals surface area (Å²) in [6.07, 6.45) is 12.3. The van der Waals surface area contributed by atoms with Crippen molar-refractivity contribution in [1.29, 1.82) is 5.26 Å². The Kier molecular flexibility index (Phi) is 12.3. The second kappa shape index (κ2) is 15.3. The molecule has 2 aromatic rings. The van der Waals surface area contributed by atoms with E-state index in [9.17, 15) is 4.79 Å². The fourth-order valence-corrected chi connectivity index (χ4v) is 3.86. The van der Waals surface area contributed by atoms with Crippen LogP contribution in [0.25, 0.3) is 0 Å². The van der Waals surface area contributed by atoms with Gasteiger partial charge in [-0.3, -0.25) is 4.79 Å². The molecule has 1 unspecified atom stereocenters. The van der Waals surface area contributed by atoms with Crippen molar-refractivity contribution in [2.24, 2.45) is 0 Å². The number of benzene rings is 1. The van der Waals surface area contributed by atoms with Gasteiger partial charge in [0.25, 0.3) is 0 Å². The number of carboxylic acids is 1. The first-order valence-corrected chi connectivity index (χ1v) is 12.1. The van der Waals surface area contributed by atoms with Gasteiger partial charge in [0.2, 0.25) is 5.88 Å². The minimum atomic E-state index is -0.859. The SMILES string of the molecule is CCCCCCCCCCNCc1ccc(C#N)cc1Cl.O=C(O)C1COc2ncccc21. The Morgan fingerprint density at radius 1 is 1.21 bits per heavy atom. The fourth-order valence-electron chi connectivity index (χ4n) is 3.61. The molecule has 33 heavy (non-hydrogen) atoms. The highest BCUT2D eigenvalue weighted by Crippen LogP contribution is 2.31. The molecular formula is C26H34ClN3O3. The van der Waals surface area contributed by atoms with Gasteiger partial charge in [0.15, 0.2) is 0 Å². The van der Waals surface area contributed by atoms with Crippen LogP contribution in [0.15, 0.2) is 36.5 Å². The van der Waals surface area contributed by atoms with Crippen LogP contribution in [0, 0.1) is 11.3 Å². The summed E-state index contributed by atoms with van der Waals surface area (Å²) < 4.78 is 5.08. The molecule has 0 saturated heterocycles. The van der Waals surface area contributed by atoms with Crippen LogP contribution in [0.5, 0.6) is 5.88 Å². The number of nitriles is 1. The van der Waals surface area contributed by atoms with E-state index in [1.165, 1.54) is 51.4 Å². The van der Waals surface area contributed by atoms with Crippen molar-refractivity contribution in [1.82, 2.24) is 10.3 Å². The molecule has 3 rings (SSSR count). The smallest absolute Gasteiger partial charge is 0.314 e. The zero-order chi connectivity index (χ0) is 23.9. The third kappa shape index (κ3) is 9.41. The lowest BCUT2D eigenvalue weighted by atomic mass is 10.0. The summed E-state index contributed by atoms with van der Waals surface area (Å²) >= 11 is 6.14. The molecule has 1 aliphatic heterocycles. The summed E-state index contributed by atoms with van der Waals surface area (Å²) in [7, 11) is 0. The predicted molar refractivity (Wildman–Crippen MR) is 131 cm³/mol. The van der Waals surface area contributed by atoms with Gasteiger partial charge in [0, 0.05) is 23.3 Å². The minimum absolute atomic E-state index is 0.196. The molecule has 1 atom stereocenters. The number of carboxylic acid groups (broad SMARTS) is 1. The van der Waals surface area contributed by atoms with E-state index in [1.54, 1.807) is 24.4 Å². The highest BCUT2D eigenvalue weighted by atomic mass is 35.5. The molecule has 0 radical (unpaired) electrons. The van der Waals surface area contributed by atoms with E-state index in [4.69, 9.17) is 26.7 Å². The van der Waals surface area contributed by atoms with Crippen LogP contribution in [0.1, 0.15) is 80.9 Å². The summed E-state index contributed by atoms with van der Waals surface area (Å²) in [5.41, 5.74) is 2.35. The van der Waals surface area contributed by atoms with Gasteiger partial charge in [-0.2, -0.15) is 5.26 Å². The third-order valence-electron chi connectivity index (χ3n) is 5.57. The van der Waals surface area contributed by atoms with Crippen LogP contribution in [-0.2, 0) is 11.3 Å². The highest BCUT2D eigenvalue weighted by Gasteiger charge is 2.30. The summed E-state index contributed by atoms with van der Waals surface area (Å²) in [5.74, 6) is -0.958. The number of halogens is 1. The molecule has 1 aromatic carbocycles. The average molecular weight is 472 g/mol. The molecule has 178 valence electrons. The highest BCUT2D eigenvalue weighted by molar-refractivity contribution is 6.31. The van der Waals surface area contributed by atoms with E-state index in [0.29, 0.717) is 22.0 Å². The molecule has 1 aliphatic rings. The molecule has 0 amide bonds. The van der Waals surface area contributed by atoms with Crippen LogP contribution < -0.4 is 10.1 Å². The maximum absolute atomic E-state index is 10.7. The Morgan fingerprint density at radius 3 is 2.61 bits per heavy atom. The van der Waals surface area contributed by atoms with Gasteiger partial charge in [-0.05, 0) is 36.7 Å². The Balaban J connectivity index is 0.000000268. The number of ether oxygens (including phenoxy) is 1. The van der Waals surface area contributed by atoms with E-state index in [2.05, 4.69) is 23.3 Å². The molecule has 0 saturated carbocycles. The van der Waals surface area contributed by atoms with Gasteiger partial charge in [-0.1, -0.05) is 75.6 Å². The molecule has 2 heterocycles. The Hall–Kier alpha value is -2.62. The number of nitrogens with one attached hydrogen (secondary N) is 1. The Labute approximate surface area is 201 Å². The quantitative estimate of drug-likeness (QED) is 0.364. The zero-order valence-corrected chi connectivity index (χ0v) is 20.1. The number of nitrogens with zero attached hydrogens (tertiary/aromatic N) is 2. The molecule has 2 N–H and O–H groups in total. The topological polar surface area (TPSA) is 95.2 Å². The van der Waals surface area contributed by atoms with E-state index in [0.717, 1.165) is 18.7 Å². The number of fused-ring (bicyclic) bond motifs is 1. The summed E-state index contributed by atoms with van der Waals surface area (Å²) in [5, 5.41) is 21.6. The lowest BCUT2D eigenvalue weighted by Crippen LogP contribution is -2.14. The van der Waals surface area contributed by atoms with E-state index >= 15 is 0 Å².